The highest BCUT2D eigenvalue weighted by molar-refractivity contribution is 7.98. The molecule has 0 amide bonds. The molecule has 0 aromatic heterocycles. The molecule has 0 aliphatic heterocycles. The second-order valence-electron chi connectivity index (χ2n) is 4.44. The van der Waals surface area contributed by atoms with Gasteiger partial charge in [-0.15, -0.1) is 18.3 Å². The van der Waals surface area contributed by atoms with Gasteiger partial charge in [-0.25, -0.2) is 0 Å². The Labute approximate surface area is 110 Å². The zero-order valence-electron chi connectivity index (χ0n) is 11.1. The smallest absolute Gasteiger partial charge is 0.0357 e. The standard InChI is InChI=1S/C15H23NS/c1-5-10-16-15(11-12(2)3)13-6-8-14(17-4)9-7-13/h6-9,15-16H,2,5,10-11H2,1,3-4H3. The molecule has 0 aliphatic carbocycles. The summed E-state index contributed by atoms with van der Waals surface area (Å²) in [5.74, 6) is 0. The maximum atomic E-state index is 4.02. The van der Waals surface area contributed by atoms with Crippen molar-refractivity contribution in [1.82, 2.24) is 5.32 Å². The number of rotatable bonds is 7. The Hall–Kier alpha value is -0.730. The van der Waals surface area contributed by atoms with Gasteiger partial charge in [0.25, 0.3) is 0 Å². The molecule has 1 aromatic carbocycles. The Morgan fingerprint density at radius 2 is 2.00 bits per heavy atom. The molecule has 17 heavy (non-hydrogen) atoms. The van der Waals surface area contributed by atoms with E-state index in [2.05, 4.69) is 56.3 Å². The van der Waals surface area contributed by atoms with Gasteiger partial charge in [0.2, 0.25) is 0 Å². The van der Waals surface area contributed by atoms with Gasteiger partial charge in [-0.2, -0.15) is 0 Å². The third kappa shape index (κ3) is 4.97. The van der Waals surface area contributed by atoms with E-state index in [1.807, 2.05) is 0 Å². The van der Waals surface area contributed by atoms with E-state index >= 15 is 0 Å². The molecule has 0 saturated heterocycles. The molecule has 1 unspecified atom stereocenters. The molecule has 0 aliphatic rings. The minimum atomic E-state index is 0.406. The van der Waals surface area contributed by atoms with Gasteiger partial charge < -0.3 is 5.32 Å². The normalized spacial score (nSPS) is 12.4. The van der Waals surface area contributed by atoms with Crippen LogP contribution in [0.2, 0.25) is 0 Å². The van der Waals surface area contributed by atoms with Gasteiger partial charge in [0.15, 0.2) is 0 Å². The van der Waals surface area contributed by atoms with Crippen LogP contribution in [0.3, 0.4) is 0 Å². The molecule has 0 heterocycles. The van der Waals surface area contributed by atoms with E-state index in [9.17, 15) is 0 Å². The van der Waals surface area contributed by atoms with E-state index in [0.29, 0.717) is 6.04 Å². The summed E-state index contributed by atoms with van der Waals surface area (Å²) in [5, 5.41) is 3.59. The third-order valence-corrected chi connectivity index (χ3v) is 3.46. The van der Waals surface area contributed by atoms with Gasteiger partial charge in [-0.05, 0) is 50.3 Å². The number of hydrogen-bond donors (Lipinski definition) is 1. The van der Waals surface area contributed by atoms with E-state index in [1.165, 1.54) is 16.0 Å². The van der Waals surface area contributed by atoms with Crippen molar-refractivity contribution in [3.05, 3.63) is 42.0 Å². The molecule has 0 radical (unpaired) electrons. The quantitative estimate of drug-likeness (QED) is 0.567. The first-order valence-electron chi connectivity index (χ1n) is 6.19. The summed E-state index contributed by atoms with van der Waals surface area (Å²) < 4.78 is 0. The maximum Gasteiger partial charge on any atom is 0.0357 e. The molecule has 94 valence electrons. The third-order valence-electron chi connectivity index (χ3n) is 2.71. The first-order chi connectivity index (χ1) is 8.17. The van der Waals surface area contributed by atoms with Crippen LogP contribution < -0.4 is 5.32 Å². The molecule has 0 saturated carbocycles. The highest BCUT2D eigenvalue weighted by Crippen LogP contribution is 2.23. The second-order valence-corrected chi connectivity index (χ2v) is 5.32. The molecule has 1 atom stereocenters. The van der Waals surface area contributed by atoms with E-state index in [-0.39, 0.29) is 0 Å². The Kier molecular flexibility index (Phi) is 6.38. The van der Waals surface area contributed by atoms with Crippen molar-refractivity contribution in [3.8, 4) is 0 Å². The lowest BCUT2D eigenvalue weighted by Crippen LogP contribution is -2.22. The van der Waals surface area contributed by atoms with Gasteiger partial charge in [-0.1, -0.05) is 24.6 Å². The Morgan fingerprint density at radius 1 is 1.35 bits per heavy atom. The van der Waals surface area contributed by atoms with Gasteiger partial charge >= 0.3 is 0 Å². The van der Waals surface area contributed by atoms with Crippen LogP contribution >= 0.6 is 11.8 Å². The highest BCUT2D eigenvalue weighted by Gasteiger charge is 2.10. The molecule has 1 nitrogen and oxygen atoms in total. The molecule has 1 rings (SSSR count). The van der Waals surface area contributed by atoms with Gasteiger partial charge in [0.1, 0.15) is 0 Å². The van der Waals surface area contributed by atoms with Crippen LogP contribution in [0.4, 0.5) is 0 Å². The molecule has 1 N–H and O–H groups in total. The predicted molar refractivity (Wildman–Crippen MR) is 78.7 cm³/mol. The van der Waals surface area contributed by atoms with E-state index < -0.39 is 0 Å². The SMILES string of the molecule is C=C(C)CC(NCCC)c1ccc(SC)cc1. The van der Waals surface area contributed by atoms with Crippen LogP contribution in [0, 0.1) is 0 Å². The number of hydrogen-bond acceptors (Lipinski definition) is 2. The summed E-state index contributed by atoms with van der Waals surface area (Å²) in [7, 11) is 0. The number of benzene rings is 1. The van der Waals surface area contributed by atoms with Crippen molar-refractivity contribution >= 4 is 11.8 Å². The second kappa shape index (κ2) is 7.57. The lowest BCUT2D eigenvalue weighted by Gasteiger charge is -2.19. The van der Waals surface area contributed by atoms with Crippen LogP contribution in [0.25, 0.3) is 0 Å². The fourth-order valence-corrected chi connectivity index (χ4v) is 2.22. The molecule has 0 bridgehead atoms. The first-order valence-corrected chi connectivity index (χ1v) is 7.41. The minimum Gasteiger partial charge on any atom is -0.310 e. The zero-order chi connectivity index (χ0) is 12.7. The van der Waals surface area contributed by atoms with E-state index in [0.717, 1.165) is 19.4 Å². The van der Waals surface area contributed by atoms with Gasteiger partial charge in [0, 0.05) is 10.9 Å². The summed E-state index contributed by atoms with van der Waals surface area (Å²) in [6, 6.07) is 9.24. The Balaban J connectivity index is 2.75. The van der Waals surface area contributed by atoms with Crippen LogP contribution in [-0.4, -0.2) is 12.8 Å². The minimum absolute atomic E-state index is 0.406. The average molecular weight is 249 g/mol. The topological polar surface area (TPSA) is 12.0 Å². The molecule has 1 aromatic rings. The van der Waals surface area contributed by atoms with Crippen molar-refractivity contribution in [2.45, 2.75) is 37.6 Å². The summed E-state index contributed by atoms with van der Waals surface area (Å²) >= 11 is 1.78. The highest BCUT2D eigenvalue weighted by atomic mass is 32.2. The van der Waals surface area contributed by atoms with Gasteiger partial charge in [0.05, 0.1) is 0 Å². The molecular formula is C15H23NS. The number of thioether (sulfide) groups is 1. The lowest BCUT2D eigenvalue weighted by atomic mass is 10.0. The van der Waals surface area contributed by atoms with Crippen LogP contribution in [0.15, 0.2) is 41.3 Å². The zero-order valence-corrected chi connectivity index (χ0v) is 11.9. The lowest BCUT2D eigenvalue weighted by molar-refractivity contribution is 0.528. The van der Waals surface area contributed by atoms with Crippen molar-refractivity contribution in [3.63, 3.8) is 0 Å². The van der Waals surface area contributed by atoms with Crippen LogP contribution in [-0.2, 0) is 0 Å². The largest absolute Gasteiger partial charge is 0.310 e. The first kappa shape index (κ1) is 14.3. The monoisotopic (exact) mass is 249 g/mol. The van der Waals surface area contributed by atoms with Crippen LogP contribution in [0.5, 0.6) is 0 Å². The summed E-state index contributed by atoms with van der Waals surface area (Å²) in [5.41, 5.74) is 2.59. The van der Waals surface area contributed by atoms with Crippen LogP contribution in [0.1, 0.15) is 38.3 Å². The van der Waals surface area contributed by atoms with Crippen molar-refractivity contribution in [2.24, 2.45) is 0 Å². The Bertz CT molecular complexity index is 342. The summed E-state index contributed by atoms with van der Waals surface area (Å²) in [6.07, 6.45) is 4.28. The summed E-state index contributed by atoms with van der Waals surface area (Å²) in [6.45, 7) is 9.37. The number of nitrogens with one attached hydrogen (secondary N) is 1. The fourth-order valence-electron chi connectivity index (χ4n) is 1.81. The van der Waals surface area contributed by atoms with E-state index in [1.54, 1.807) is 11.8 Å². The molecule has 0 spiro atoms. The van der Waals surface area contributed by atoms with Crippen molar-refractivity contribution < 1.29 is 0 Å². The Morgan fingerprint density at radius 3 is 2.47 bits per heavy atom. The fraction of sp³-hybridized carbons (Fsp3) is 0.467. The predicted octanol–water partition coefficient (Wildman–Crippen LogP) is 4.42. The van der Waals surface area contributed by atoms with E-state index in [4.69, 9.17) is 0 Å². The van der Waals surface area contributed by atoms with Crippen molar-refractivity contribution in [2.75, 3.05) is 12.8 Å². The molecular weight excluding hydrogens is 226 g/mol. The average Bonchev–Trinajstić information content (AvgIpc) is 2.34. The molecule has 0 fully saturated rings. The summed E-state index contributed by atoms with van der Waals surface area (Å²) in [4.78, 5) is 1.32. The molecule has 2 heteroatoms. The maximum absolute atomic E-state index is 4.02. The van der Waals surface area contributed by atoms with Gasteiger partial charge in [-0.3, -0.25) is 0 Å². The van der Waals surface area contributed by atoms with Crippen molar-refractivity contribution in [1.29, 1.82) is 0 Å².